The number of nitrogens with one attached hydrogen (secondary N) is 2. The van der Waals surface area contributed by atoms with Gasteiger partial charge in [-0.25, -0.2) is 4.39 Å². The lowest BCUT2D eigenvalue weighted by molar-refractivity contribution is -0.130. The van der Waals surface area contributed by atoms with Gasteiger partial charge in [0.25, 0.3) is 0 Å². The van der Waals surface area contributed by atoms with E-state index in [4.69, 9.17) is 0 Å². The second-order valence-corrected chi connectivity index (χ2v) is 6.70. The molecule has 0 fully saturated rings. The molecule has 1 rings (SSSR count). The summed E-state index contributed by atoms with van der Waals surface area (Å²) >= 11 is 0. The van der Waals surface area contributed by atoms with E-state index in [0.717, 1.165) is 0 Å². The van der Waals surface area contributed by atoms with Gasteiger partial charge >= 0.3 is 0 Å². The lowest BCUT2D eigenvalue weighted by atomic mass is 10.0. The van der Waals surface area contributed by atoms with E-state index in [-0.39, 0.29) is 36.0 Å². The third kappa shape index (κ3) is 6.66. The van der Waals surface area contributed by atoms with E-state index < -0.39 is 12.1 Å². The summed E-state index contributed by atoms with van der Waals surface area (Å²) in [4.78, 5) is 24.2. The highest BCUT2D eigenvalue weighted by Gasteiger charge is 2.24. The van der Waals surface area contributed by atoms with E-state index >= 15 is 0 Å². The number of amides is 2. The third-order valence-electron chi connectivity index (χ3n) is 3.58. The maximum absolute atomic E-state index is 12.9. The maximum atomic E-state index is 12.9. The number of benzene rings is 1. The Morgan fingerprint density at radius 2 is 1.71 bits per heavy atom. The fourth-order valence-electron chi connectivity index (χ4n) is 2.25. The SMILES string of the molecule is CC(C)CC(=O)NC(C(=O)NCC(O)c1ccc(F)cc1)C(C)C. The van der Waals surface area contributed by atoms with Crippen LogP contribution in [-0.2, 0) is 9.59 Å². The van der Waals surface area contributed by atoms with Crippen LogP contribution in [0.4, 0.5) is 4.39 Å². The highest BCUT2D eigenvalue weighted by Crippen LogP contribution is 2.13. The molecule has 0 bridgehead atoms. The Hall–Kier alpha value is -1.95. The van der Waals surface area contributed by atoms with E-state index in [1.807, 2.05) is 27.7 Å². The van der Waals surface area contributed by atoms with E-state index in [2.05, 4.69) is 10.6 Å². The van der Waals surface area contributed by atoms with Gasteiger partial charge in [-0.3, -0.25) is 9.59 Å². The molecule has 0 spiro atoms. The number of carbonyl (C=O) groups excluding carboxylic acids is 2. The topological polar surface area (TPSA) is 78.4 Å². The Kier molecular flexibility index (Phi) is 7.85. The van der Waals surface area contributed by atoms with Crippen LogP contribution >= 0.6 is 0 Å². The van der Waals surface area contributed by atoms with Crippen LogP contribution in [0.2, 0.25) is 0 Å². The maximum Gasteiger partial charge on any atom is 0.242 e. The summed E-state index contributed by atoms with van der Waals surface area (Å²) in [5.74, 6) is -0.769. The molecule has 24 heavy (non-hydrogen) atoms. The highest BCUT2D eigenvalue weighted by atomic mass is 19.1. The second-order valence-electron chi connectivity index (χ2n) is 6.70. The van der Waals surface area contributed by atoms with Crippen molar-refractivity contribution in [3.63, 3.8) is 0 Å². The molecule has 0 aliphatic rings. The van der Waals surface area contributed by atoms with Crippen molar-refractivity contribution < 1.29 is 19.1 Å². The molecular formula is C18H27FN2O3. The van der Waals surface area contributed by atoms with Crippen LogP contribution in [0.25, 0.3) is 0 Å². The van der Waals surface area contributed by atoms with Crippen molar-refractivity contribution >= 4 is 11.8 Å². The molecule has 0 aromatic heterocycles. The second kappa shape index (κ2) is 9.37. The summed E-state index contributed by atoms with van der Waals surface area (Å²) in [6.45, 7) is 7.55. The van der Waals surface area contributed by atoms with Gasteiger partial charge in [0, 0.05) is 13.0 Å². The van der Waals surface area contributed by atoms with Crippen LogP contribution in [0.1, 0.15) is 45.8 Å². The first-order valence-corrected chi connectivity index (χ1v) is 8.21. The number of hydrogen-bond donors (Lipinski definition) is 3. The molecule has 0 radical (unpaired) electrons. The van der Waals surface area contributed by atoms with Crippen molar-refractivity contribution in [1.82, 2.24) is 10.6 Å². The molecule has 2 unspecified atom stereocenters. The van der Waals surface area contributed by atoms with E-state index in [1.165, 1.54) is 24.3 Å². The number of carbonyl (C=O) groups is 2. The zero-order valence-corrected chi connectivity index (χ0v) is 14.7. The van der Waals surface area contributed by atoms with Crippen molar-refractivity contribution in [3.05, 3.63) is 35.6 Å². The van der Waals surface area contributed by atoms with Gasteiger partial charge in [0.15, 0.2) is 0 Å². The van der Waals surface area contributed by atoms with Gasteiger partial charge in [0.05, 0.1) is 6.10 Å². The van der Waals surface area contributed by atoms with Crippen LogP contribution < -0.4 is 10.6 Å². The molecule has 0 saturated carbocycles. The highest BCUT2D eigenvalue weighted by molar-refractivity contribution is 5.87. The molecule has 2 atom stereocenters. The summed E-state index contributed by atoms with van der Waals surface area (Å²) in [7, 11) is 0. The number of halogens is 1. The smallest absolute Gasteiger partial charge is 0.242 e. The molecule has 1 aromatic rings. The van der Waals surface area contributed by atoms with Crippen LogP contribution in [0.5, 0.6) is 0 Å². The Morgan fingerprint density at radius 3 is 2.21 bits per heavy atom. The van der Waals surface area contributed by atoms with Crippen LogP contribution in [0.3, 0.4) is 0 Å². The summed E-state index contributed by atoms with van der Waals surface area (Å²) in [6.07, 6.45) is -0.581. The minimum absolute atomic E-state index is 0.00621. The Bertz CT molecular complexity index is 544. The zero-order valence-electron chi connectivity index (χ0n) is 14.7. The minimum atomic E-state index is -0.936. The van der Waals surface area contributed by atoms with Crippen molar-refractivity contribution in [2.24, 2.45) is 11.8 Å². The predicted octanol–water partition coefficient (Wildman–Crippen LogP) is 2.16. The lowest BCUT2D eigenvalue weighted by Gasteiger charge is -2.23. The molecule has 134 valence electrons. The fraction of sp³-hybridized carbons (Fsp3) is 0.556. The minimum Gasteiger partial charge on any atom is -0.387 e. The largest absolute Gasteiger partial charge is 0.387 e. The van der Waals surface area contributed by atoms with Gasteiger partial charge in [0.1, 0.15) is 11.9 Å². The molecular weight excluding hydrogens is 311 g/mol. The third-order valence-corrected chi connectivity index (χ3v) is 3.58. The van der Waals surface area contributed by atoms with Crippen molar-refractivity contribution in [3.8, 4) is 0 Å². The molecule has 2 amide bonds. The van der Waals surface area contributed by atoms with Crippen molar-refractivity contribution in [1.29, 1.82) is 0 Å². The first kappa shape index (κ1) is 20.1. The molecule has 0 heterocycles. The predicted molar refractivity (Wildman–Crippen MR) is 90.6 cm³/mol. The van der Waals surface area contributed by atoms with Gasteiger partial charge < -0.3 is 15.7 Å². The Labute approximate surface area is 142 Å². The van der Waals surface area contributed by atoms with E-state index in [1.54, 1.807) is 0 Å². The van der Waals surface area contributed by atoms with E-state index in [0.29, 0.717) is 12.0 Å². The summed E-state index contributed by atoms with van der Waals surface area (Å²) < 4.78 is 12.9. The Balaban J connectivity index is 2.58. The van der Waals surface area contributed by atoms with Crippen LogP contribution in [0, 0.1) is 17.7 Å². The zero-order chi connectivity index (χ0) is 18.3. The summed E-state index contributed by atoms with van der Waals surface area (Å²) in [6, 6.07) is 4.79. The van der Waals surface area contributed by atoms with Gasteiger partial charge in [-0.05, 0) is 29.5 Å². The molecule has 0 saturated heterocycles. The first-order valence-electron chi connectivity index (χ1n) is 8.21. The van der Waals surface area contributed by atoms with Crippen molar-refractivity contribution in [2.75, 3.05) is 6.54 Å². The normalized spacial score (nSPS) is 13.7. The average molecular weight is 338 g/mol. The first-order chi connectivity index (χ1) is 11.2. The van der Waals surface area contributed by atoms with E-state index in [9.17, 15) is 19.1 Å². The van der Waals surface area contributed by atoms with Crippen molar-refractivity contribution in [2.45, 2.75) is 46.3 Å². The Morgan fingerprint density at radius 1 is 1.12 bits per heavy atom. The van der Waals surface area contributed by atoms with Crippen LogP contribution in [-0.4, -0.2) is 29.5 Å². The van der Waals surface area contributed by atoms with Gasteiger partial charge in [-0.2, -0.15) is 0 Å². The molecule has 0 aliphatic heterocycles. The molecule has 6 heteroatoms. The fourth-order valence-corrected chi connectivity index (χ4v) is 2.25. The number of aliphatic hydroxyl groups is 1. The molecule has 3 N–H and O–H groups in total. The average Bonchev–Trinajstić information content (AvgIpc) is 2.49. The van der Waals surface area contributed by atoms with Gasteiger partial charge in [-0.15, -0.1) is 0 Å². The number of rotatable bonds is 8. The molecule has 1 aromatic carbocycles. The summed E-state index contributed by atoms with van der Waals surface area (Å²) in [5, 5.41) is 15.4. The lowest BCUT2D eigenvalue weighted by Crippen LogP contribution is -2.50. The monoisotopic (exact) mass is 338 g/mol. The summed E-state index contributed by atoms with van der Waals surface area (Å²) in [5.41, 5.74) is 0.515. The molecule has 0 aliphatic carbocycles. The quantitative estimate of drug-likeness (QED) is 0.680. The number of hydrogen-bond acceptors (Lipinski definition) is 3. The number of aliphatic hydroxyl groups excluding tert-OH is 1. The molecule has 5 nitrogen and oxygen atoms in total. The van der Waals surface area contributed by atoms with Gasteiger partial charge in [-0.1, -0.05) is 39.8 Å². The standard InChI is InChI=1S/C18H27FN2O3/c1-11(2)9-16(23)21-17(12(3)4)18(24)20-10-15(22)13-5-7-14(19)8-6-13/h5-8,11-12,15,17,22H,9-10H2,1-4H3,(H,20,24)(H,21,23). The van der Waals surface area contributed by atoms with Gasteiger partial charge in [0.2, 0.25) is 11.8 Å². The van der Waals surface area contributed by atoms with Crippen LogP contribution in [0.15, 0.2) is 24.3 Å².